The lowest BCUT2D eigenvalue weighted by Gasteiger charge is -2.13. The van der Waals surface area contributed by atoms with Crippen LogP contribution in [0.2, 0.25) is 0 Å². The standard InChI is InChI=1S/C12H13NO4/c1-8(3-12(14)15)17-11-5-9(7-13)4-10(6-11)16-2/h4-6,8H,3H2,1-2H3,(H,14,15)/t8-/m1/s1. The molecule has 0 aliphatic rings. The molecule has 0 bridgehead atoms. The van der Waals surface area contributed by atoms with Gasteiger partial charge in [-0.1, -0.05) is 0 Å². The number of rotatable bonds is 5. The molecular formula is C12H13NO4. The van der Waals surface area contributed by atoms with Gasteiger partial charge in [0.15, 0.2) is 0 Å². The van der Waals surface area contributed by atoms with Gasteiger partial charge in [-0.15, -0.1) is 0 Å². The van der Waals surface area contributed by atoms with Crippen LogP contribution in [0, 0.1) is 11.3 Å². The lowest BCUT2D eigenvalue weighted by atomic mass is 10.2. The van der Waals surface area contributed by atoms with Crippen molar-refractivity contribution in [2.75, 3.05) is 7.11 Å². The van der Waals surface area contributed by atoms with E-state index in [0.29, 0.717) is 17.1 Å². The van der Waals surface area contributed by atoms with Gasteiger partial charge >= 0.3 is 5.97 Å². The molecule has 1 aromatic rings. The first-order valence-electron chi connectivity index (χ1n) is 5.02. The van der Waals surface area contributed by atoms with Crippen LogP contribution in [0.1, 0.15) is 18.9 Å². The van der Waals surface area contributed by atoms with E-state index in [-0.39, 0.29) is 6.42 Å². The van der Waals surface area contributed by atoms with Crippen molar-refractivity contribution in [3.05, 3.63) is 23.8 Å². The van der Waals surface area contributed by atoms with Crippen molar-refractivity contribution in [3.63, 3.8) is 0 Å². The predicted octanol–water partition coefficient (Wildman–Crippen LogP) is 1.81. The van der Waals surface area contributed by atoms with E-state index in [1.165, 1.54) is 7.11 Å². The maximum Gasteiger partial charge on any atom is 0.307 e. The highest BCUT2D eigenvalue weighted by atomic mass is 16.5. The van der Waals surface area contributed by atoms with E-state index in [1.54, 1.807) is 25.1 Å². The summed E-state index contributed by atoms with van der Waals surface area (Å²) in [5.74, 6) is -0.00266. The Kier molecular flexibility index (Phi) is 4.35. The third-order valence-corrected chi connectivity index (χ3v) is 2.04. The van der Waals surface area contributed by atoms with E-state index in [9.17, 15) is 4.79 Å². The third kappa shape index (κ3) is 4.03. The molecule has 0 aliphatic carbocycles. The van der Waals surface area contributed by atoms with Crippen molar-refractivity contribution in [1.82, 2.24) is 0 Å². The number of aliphatic carboxylic acids is 1. The number of carboxylic acid groups (broad SMARTS) is 1. The molecule has 0 amide bonds. The number of ether oxygens (including phenoxy) is 2. The SMILES string of the molecule is COc1cc(C#N)cc(O[C@H](C)CC(=O)O)c1. The van der Waals surface area contributed by atoms with Gasteiger partial charge in [0.1, 0.15) is 17.6 Å². The lowest BCUT2D eigenvalue weighted by Crippen LogP contribution is -2.16. The summed E-state index contributed by atoms with van der Waals surface area (Å²) in [5.41, 5.74) is 0.405. The summed E-state index contributed by atoms with van der Waals surface area (Å²) in [7, 11) is 1.49. The van der Waals surface area contributed by atoms with Gasteiger partial charge in [-0.2, -0.15) is 5.26 Å². The number of hydrogen-bond donors (Lipinski definition) is 1. The van der Waals surface area contributed by atoms with Crippen molar-refractivity contribution in [2.24, 2.45) is 0 Å². The predicted molar refractivity (Wildman–Crippen MR) is 60.1 cm³/mol. The maximum atomic E-state index is 10.5. The summed E-state index contributed by atoms with van der Waals surface area (Å²) in [6, 6.07) is 6.71. The van der Waals surface area contributed by atoms with Crippen LogP contribution >= 0.6 is 0 Å². The molecule has 1 aromatic carbocycles. The zero-order valence-electron chi connectivity index (χ0n) is 9.64. The fraction of sp³-hybridized carbons (Fsp3) is 0.333. The van der Waals surface area contributed by atoms with Crippen molar-refractivity contribution < 1.29 is 19.4 Å². The molecule has 0 saturated carbocycles. The Morgan fingerprint density at radius 3 is 2.65 bits per heavy atom. The van der Waals surface area contributed by atoms with E-state index < -0.39 is 12.1 Å². The van der Waals surface area contributed by atoms with Gasteiger partial charge in [0.25, 0.3) is 0 Å². The Bertz CT molecular complexity index is 450. The van der Waals surface area contributed by atoms with E-state index in [4.69, 9.17) is 19.8 Å². The fourth-order valence-electron chi connectivity index (χ4n) is 1.34. The second-order valence-electron chi connectivity index (χ2n) is 3.54. The van der Waals surface area contributed by atoms with Gasteiger partial charge < -0.3 is 14.6 Å². The highest BCUT2D eigenvalue weighted by Crippen LogP contribution is 2.23. The van der Waals surface area contributed by atoms with E-state index in [1.807, 2.05) is 6.07 Å². The summed E-state index contributed by atoms with van der Waals surface area (Å²) in [6.45, 7) is 1.65. The van der Waals surface area contributed by atoms with Gasteiger partial charge in [0.2, 0.25) is 0 Å². The number of nitriles is 1. The molecule has 0 fully saturated rings. The number of nitrogens with zero attached hydrogens (tertiary/aromatic N) is 1. The number of hydrogen-bond acceptors (Lipinski definition) is 4. The van der Waals surface area contributed by atoms with Crippen molar-refractivity contribution >= 4 is 5.97 Å². The molecule has 5 nitrogen and oxygen atoms in total. The van der Waals surface area contributed by atoms with E-state index >= 15 is 0 Å². The first kappa shape index (κ1) is 12.8. The molecule has 1 N–H and O–H groups in total. The quantitative estimate of drug-likeness (QED) is 0.841. The van der Waals surface area contributed by atoms with Gasteiger partial charge in [0, 0.05) is 6.07 Å². The smallest absolute Gasteiger partial charge is 0.307 e. The zero-order valence-corrected chi connectivity index (χ0v) is 9.64. The third-order valence-electron chi connectivity index (χ3n) is 2.04. The summed E-state index contributed by atoms with van der Waals surface area (Å²) in [5, 5.41) is 17.4. The van der Waals surface area contributed by atoms with Crippen LogP contribution in [0.3, 0.4) is 0 Å². The van der Waals surface area contributed by atoms with Crippen LogP contribution < -0.4 is 9.47 Å². The first-order chi connectivity index (χ1) is 8.05. The monoisotopic (exact) mass is 235 g/mol. The van der Waals surface area contributed by atoms with Crippen LogP contribution in [0.25, 0.3) is 0 Å². The minimum Gasteiger partial charge on any atom is -0.497 e. The number of carbonyl (C=O) groups is 1. The molecule has 90 valence electrons. The normalized spacial score (nSPS) is 11.4. The number of methoxy groups -OCH3 is 1. The largest absolute Gasteiger partial charge is 0.497 e. The average molecular weight is 235 g/mol. The summed E-state index contributed by atoms with van der Waals surface area (Å²) < 4.78 is 10.4. The number of carboxylic acids is 1. The molecule has 0 spiro atoms. The molecule has 17 heavy (non-hydrogen) atoms. The zero-order chi connectivity index (χ0) is 12.8. The van der Waals surface area contributed by atoms with E-state index in [0.717, 1.165) is 0 Å². The molecule has 0 unspecified atom stereocenters. The van der Waals surface area contributed by atoms with Gasteiger partial charge in [0.05, 0.1) is 25.2 Å². The van der Waals surface area contributed by atoms with Gasteiger partial charge in [-0.05, 0) is 19.1 Å². The molecule has 5 heteroatoms. The Balaban J connectivity index is 2.83. The molecular weight excluding hydrogens is 222 g/mol. The minimum absolute atomic E-state index is 0.0981. The van der Waals surface area contributed by atoms with Crippen molar-refractivity contribution in [2.45, 2.75) is 19.4 Å². The maximum absolute atomic E-state index is 10.5. The first-order valence-corrected chi connectivity index (χ1v) is 5.02. The average Bonchev–Trinajstić information content (AvgIpc) is 2.27. The van der Waals surface area contributed by atoms with E-state index in [2.05, 4.69) is 0 Å². The summed E-state index contributed by atoms with van der Waals surface area (Å²) in [6.07, 6.45) is -0.565. The molecule has 0 heterocycles. The molecule has 0 saturated heterocycles. The number of benzene rings is 1. The highest BCUT2D eigenvalue weighted by molar-refractivity contribution is 5.67. The Morgan fingerprint density at radius 2 is 2.12 bits per heavy atom. The van der Waals surface area contributed by atoms with Gasteiger partial charge in [-0.25, -0.2) is 0 Å². The molecule has 1 rings (SSSR count). The second kappa shape index (κ2) is 5.75. The highest BCUT2D eigenvalue weighted by Gasteiger charge is 2.10. The minimum atomic E-state index is -0.930. The van der Waals surface area contributed by atoms with Crippen LogP contribution in [0.5, 0.6) is 11.5 Å². The van der Waals surface area contributed by atoms with Crippen LogP contribution in [-0.2, 0) is 4.79 Å². The Hall–Kier alpha value is -2.22. The summed E-state index contributed by atoms with van der Waals surface area (Å²) in [4.78, 5) is 10.5. The lowest BCUT2D eigenvalue weighted by molar-refractivity contribution is -0.138. The Labute approximate surface area is 99.2 Å². The molecule has 1 atom stereocenters. The van der Waals surface area contributed by atoms with Gasteiger partial charge in [-0.3, -0.25) is 4.79 Å². The van der Waals surface area contributed by atoms with Crippen LogP contribution in [-0.4, -0.2) is 24.3 Å². The molecule has 0 radical (unpaired) electrons. The van der Waals surface area contributed by atoms with Crippen LogP contribution in [0.15, 0.2) is 18.2 Å². The van der Waals surface area contributed by atoms with Crippen molar-refractivity contribution in [3.8, 4) is 17.6 Å². The molecule has 0 aliphatic heterocycles. The second-order valence-corrected chi connectivity index (χ2v) is 3.54. The summed E-state index contributed by atoms with van der Waals surface area (Å²) >= 11 is 0. The topological polar surface area (TPSA) is 79.5 Å². The Morgan fingerprint density at radius 1 is 1.47 bits per heavy atom. The molecule has 0 aromatic heterocycles. The van der Waals surface area contributed by atoms with Crippen molar-refractivity contribution in [1.29, 1.82) is 5.26 Å². The fourth-order valence-corrected chi connectivity index (χ4v) is 1.34. The van der Waals surface area contributed by atoms with Crippen LogP contribution in [0.4, 0.5) is 0 Å².